The molecule has 3 atom stereocenters. The second kappa shape index (κ2) is 2.58. The molecule has 1 fully saturated rings. The molecule has 1 rings (SSSR count). The molecule has 4 heteroatoms. The molecule has 1 aliphatic rings. The van der Waals surface area contributed by atoms with Crippen molar-refractivity contribution in [2.24, 2.45) is 0 Å². The highest BCUT2D eigenvalue weighted by molar-refractivity contribution is 4.84. The van der Waals surface area contributed by atoms with E-state index < -0.39 is 18.4 Å². The lowest BCUT2D eigenvalue weighted by Gasteiger charge is -2.25. The molecule has 0 aromatic heterocycles. The van der Waals surface area contributed by atoms with Gasteiger partial charge in [-0.25, -0.2) is 8.78 Å². The van der Waals surface area contributed by atoms with Gasteiger partial charge in [0.25, 0.3) is 0 Å². The first kappa shape index (κ1) is 6.89. The van der Waals surface area contributed by atoms with Crippen LogP contribution < -0.4 is 5.32 Å². The molecule has 0 aromatic rings. The van der Waals surface area contributed by atoms with E-state index in [1.54, 1.807) is 0 Å². The van der Waals surface area contributed by atoms with Gasteiger partial charge in [0.2, 0.25) is 0 Å². The number of halogens is 2. The van der Waals surface area contributed by atoms with Gasteiger partial charge in [0, 0.05) is 13.1 Å². The van der Waals surface area contributed by atoms with Crippen LogP contribution in [0.5, 0.6) is 0 Å². The molecule has 1 aliphatic heterocycles. The van der Waals surface area contributed by atoms with Crippen LogP contribution in [0, 0.1) is 0 Å². The Hall–Kier alpha value is -0.220. The molecule has 54 valence electrons. The Balaban J connectivity index is 2.41. The van der Waals surface area contributed by atoms with Gasteiger partial charge in [-0.05, 0) is 0 Å². The normalized spacial score (nSPS) is 45.0. The minimum atomic E-state index is -1.45. The molecule has 9 heavy (non-hydrogen) atoms. The molecule has 0 spiro atoms. The number of nitrogens with one attached hydrogen (secondary N) is 1. The predicted octanol–water partition coefficient (Wildman–Crippen LogP) is -0.373. The van der Waals surface area contributed by atoms with Crippen molar-refractivity contribution >= 4 is 0 Å². The summed E-state index contributed by atoms with van der Waals surface area (Å²) in [6.07, 6.45) is -4.33. The van der Waals surface area contributed by atoms with Gasteiger partial charge in [0.15, 0.2) is 0 Å². The van der Waals surface area contributed by atoms with Gasteiger partial charge in [-0.1, -0.05) is 0 Å². The molecule has 0 saturated carbocycles. The van der Waals surface area contributed by atoms with E-state index in [-0.39, 0.29) is 13.1 Å². The minimum Gasteiger partial charge on any atom is -0.387 e. The summed E-state index contributed by atoms with van der Waals surface area (Å²) in [7, 11) is 0. The lowest BCUT2D eigenvalue weighted by atomic mass is 10.1. The van der Waals surface area contributed by atoms with Gasteiger partial charge in [0.1, 0.15) is 18.4 Å². The highest BCUT2D eigenvalue weighted by Crippen LogP contribution is 2.10. The van der Waals surface area contributed by atoms with Crippen LogP contribution in [0.25, 0.3) is 0 Å². The van der Waals surface area contributed by atoms with Crippen molar-refractivity contribution in [1.82, 2.24) is 5.32 Å². The monoisotopic (exact) mass is 137 g/mol. The van der Waals surface area contributed by atoms with Crippen molar-refractivity contribution in [2.45, 2.75) is 18.4 Å². The molecule has 0 radical (unpaired) electrons. The second-order valence-corrected chi connectivity index (χ2v) is 2.18. The Morgan fingerprint density at radius 3 is 2.00 bits per heavy atom. The number of rotatable bonds is 0. The van der Waals surface area contributed by atoms with E-state index in [2.05, 4.69) is 5.32 Å². The second-order valence-electron chi connectivity index (χ2n) is 2.18. The van der Waals surface area contributed by atoms with Crippen LogP contribution in [-0.2, 0) is 0 Å². The highest BCUT2D eigenvalue weighted by Gasteiger charge is 2.31. The lowest BCUT2D eigenvalue weighted by molar-refractivity contribution is -0.00730. The summed E-state index contributed by atoms with van der Waals surface area (Å²) in [6, 6.07) is 0. The fraction of sp³-hybridized carbons (Fsp3) is 1.00. The van der Waals surface area contributed by atoms with Gasteiger partial charge in [-0.3, -0.25) is 0 Å². The summed E-state index contributed by atoms with van der Waals surface area (Å²) in [5.41, 5.74) is 0. The predicted molar refractivity (Wildman–Crippen MR) is 28.7 cm³/mol. The molecule has 2 nitrogen and oxygen atoms in total. The molecule has 0 bridgehead atoms. The Morgan fingerprint density at radius 2 is 1.67 bits per heavy atom. The first-order valence-corrected chi connectivity index (χ1v) is 2.88. The number of piperidine rings is 1. The molecular weight excluding hydrogens is 128 g/mol. The van der Waals surface area contributed by atoms with Crippen LogP contribution in [0.4, 0.5) is 8.78 Å². The molecule has 2 unspecified atom stereocenters. The summed E-state index contributed by atoms with van der Waals surface area (Å²) in [5.74, 6) is 0. The molecule has 0 amide bonds. The first-order valence-electron chi connectivity index (χ1n) is 2.88. The SMILES string of the molecule is OC1C(F)CNC[C@@H]1F. The largest absolute Gasteiger partial charge is 0.387 e. The fourth-order valence-corrected chi connectivity index (χ4v) is 0.827. The maximum absolute atomic E-state index is 12.3. The van der Waals surface area contributed by atoms with Crippen molar-refractivity contribution in [1.29, 1.82) is 0 Å². The zero-order valence-corrected chi connectivity index (χ0v) is 4.85. The van der Waals surface area contributed by atoms with E-state index in [0.717, 1.165) is 0 Å². The maximum Gasteiger partial charge on any atom is 0.141 e. The minimum absolute atomic E-state index is 0.0571. The van der Waals surface area contributed by atoms with Crippen molar-refractivity contribution in [3.05, 3.63) is 0 Å². The summed E-state index contributed by atoms with van der Waals surface area (Å²) >= 11 is 0. The molecule has 0 aromatic carbocycles. The first-order chi connectivity index (χ1) is 4.22. The third-order valence-corrected chi connectivity index (χ3v) is 1.42. The average molecular weight is 137 g/mol. The molecular formula is C5H9F2NO. The van der Waals surface area contributed by atoms with Crippen LogP contribution in [-0.4, -0.2) is 36.6 Å². The van der Waals surface area contributed by atoms with Gasteiger partial charge in [-0.2, -0.15) is 0 Å². The lowest BCUT2D eigenvalue weighted by Crippen LogP contribution is -2.49. The quantitative estimate of drug-likeness (QED) is 0.477. The summed E-state index contributed by atoms with van der Waals surface area (Å²) < 4.78 is 24.6. The van der Waals surface area contributed by atoms with Crippen LogP contribution >= 0.6 is 0 Å². The van der Waals surface area contributed by atoms with Gasteiger partial charge in [-0.15, -0.1) is 0 Å². The van der Waals surface area contributed by atoms with Crippen molar-refractivity contribution < 1.29 is 13.9 Å². The van der Waals surface area contributed by atoms with Gasteiger partial charge < -0.3 is 10.4 Å². The summed E-state index contributed by atoms with van der Waals surface area (Å²) in [4.78, 5) is 0. The van der Waals surface area contributed by atoms with Crippen LogP contribution in [0.3, 0.4) is 0 Å². The van der Waals surface area contributed by atoms with E-state index in [9.17, 15) is 8.78 Å². The highest BCUT2D eigenvalue weighted by atomic mass is 19.1. The maximum atomic E-state index is 12.3. The van der Waals surface area contributed by atoms with Crippen LogP contribution in [0.2, 0.25) is 0 Å². The van der Waals surface area contributed by atoms with Crippen molar-refractivity contribution in [2.75, 3.05) is 13.1 Å². The van der Waals surface area contributed by atoms with E-state index in [4.69, 9.17) is 5.11 Å². The summed E-state index contributed by atoms with van der Waals surface area (Å²) in [5, 5.41) is 11.2. The number of aliphatic hydroxyl groups excluding tert-OH is 1. The van der Waals surface area contributed by atoms with E-state index >= 15 is 0 Å². The van der Waals surface area contributed by atoms with Crippen molar-refractivity contribution in [3.8, 4) is 0 Å². The molecule has 0 aliphatic carbocycles. The summed E-state index contributed by atoms with van der Waals surface area (Å²) in [6.45, 7) is 0.114. The van der Waals surface area contributed by atoms with Crippen molar-refractivity contribution in [3.63, 3.8) is 0 Å². The van der Waals surface area contributed by atoms with E-state index in [1.807, 2.05) is 0 Å². The topological polar surface area (TPSA) is 32.3 Å². The number of hydrogen-bond donors (Lipinski definition) is 2. The van der Waals surface area contributed by atoms with E-state index in [1.165, 1.54) is 0 Å². The standard InChI is InChI=1S/C5H9F2NO/c6-3-1-8-2-4(7)5(3)9/h3-5,8-9H,1-2H2/t3-,4?,5?/m0/s1. The third kappa shape index (κ3) is 1.37. The van der Waals surface area contributed by atoms with Crippen LogP contribution in [0.1, 0.15) is 0 Å². The molecule has 1 saturated heterocycles. The smallest absolute Gasteiger partial charge is 0.141 e. The number of aliphatic hydroxyl groups is 1. The zero-order chi connectivity index (χ0) is 6.85. The van der Waals surface area contributed by atoms with Crippen LogP contribution in [0.15, 0.2) is 0 Å². The Kier molecular flexibility index (Phi) is 1.97. The Morgan fingerprint density at radius 1 is 1.22 bits per heavy atom. The average Bonchev–Trinajstić information content (AvgIpc) is 1.83. The Bertz CT molecular complexity index is 91.0. The fourth-order valence-electron chi connectivity index (χ4n) is 0.827. The third-order valence-electron chi connectivity index (χ3n) is 1.42. The van der Waals surface area contributed by atoms with Gasteiger partial charge in [0.05, 0.1) is 0 Å². The number of hydrogen-bond acceptors (Lipinski definition) is 2. The van der Waals surface area contributed by atoms with Gasteiger partial charge >= 0.3 is 0 Å². The number of alkyl halides is 2. The molecule has 1 heterocycles. The molecule has 2 N–H and O–H groups in total. The van der Waals surface area contributed by atoms with E-state index in [0.29, 0.717) is 0 Å². The Labute approximate surface area is 51.9 Å². The zero-order valence-electron chi connectivity index (χ0n) is 4.85.